The lowest BCUT2D eigenvalue weighted by Crippen LogP contribution is -2.25. The van der Waals surface area contributed by atoms with E-state index in [1.54, 1.807) is 60.9 Å². The summed E-state index contributed by atoms with van der Waals surface area (Å²) in [5.41, 5.74) is 1.41. The van der Waals surface area contributed by atoms with Crippen LogP contribution in [0.3, 0.4) is 0 Å². The molecule has 2 heterocycles. The van der Waals surface area contributed by atoms with Gasteiger partial charge >= 0.3 is 0 Å². The molecule has 34 heavy (non-hydrogen) atoms. The number of sulfonamides is 1. The van der Waals surface area contributed by atoms with Crippen molar-refractivity contribution in [3.8, 4) is 0 Å². The van der Waals surface area contributed by atoms with Gasteiger partial charge in [-0.05, 0) is 35.9 Å². The lowest BCUT2D eigenvalue weighted by molar-refractivity contribution is 0.0951. The van der Waals surface area contributed by atoms with Crippen molar-refractivity contribution in [3.63, 3.8) is 0 Å². The van der Waals surface area contributed by atoms with Gasteiger partial charge in [0.15, 0.2) is 0 Å². The first-order valence-electron chi connectivity index (χ1n) is 9.91. The van der Waals surface area contributed by atoms with Crippen LogP contribution in [0.15, 0.2) is 83.5 Å². The number of carbonyl (C=O) groups excluding carboxylic acids is 2. The summed E-state index contributed by atoms with van der Waals surface area (Å²) in [4.78, 5) is 28.9. The van der Waals surface area contributed by atoms with E-state index in [1.165, 1.54) is 12.1 Å². The van der Waals surface area contributed by atoms with E-state index >= 15 is 0 Å². The number of rotatable bonds is 8. The Kier molecular flexibility index (Phi) is 6.90. The predicted molar refractivity (Wildman–Crippen MR) is 127 cm³/mol. The van der Waals surface area contributed by atoms with Crippen LogP contribution in [0.4, 0.5) is 10.8 Å². The predicted octanol–water partition coefficient (Wildman–Crippen LogP) is 2.92. The third-order valence-electron chi connectivity index (χ3n) is 4.48. The van der Waals surface area contributed by atoms with Gasteiger partial charge < -0.3 is 5.32 Å². The molecular formula is C22H18N6O4S2. The van der Waals surface area contributed by atoms with Gasteiger partial charge in [0.1, 0.15) is 0 Å². The van der Waals surface area contributed by atoms with Crippen molar-refractivity contribution in [1.82, 2.24) is 20.5 Å². The average Bonchev–Trinajstić information content (AvgIpc) is 3.33. The quantitative estimate of drug-likeness (QED) is 0.320. The zero-order valence-corrected chi connectivity index (χ0v) is 19.1. The van der Waals surface area contributed by atoms with Crippen LogP contribution < -0.4 is 15.4 Å². The average molecular weight is 495 g/mol. The van der Waals surface area contributed by atoms with Gasteiger partial charge in [-0.15, -0.1) is 10.2 Å². The summed E-state index contributed by atoms with van der Waals surface area (Å²) in [5, 5.41) is 12.7. The van der Waals surface area contributed by atoms with Crippen molar-refractivity contribution in [2.75, 3.05) is 10.0 Å². The summed E-state index contributed by atoms with van der Waals surface area (Å²) < 4.78 is 27.8. The number of aromatic nitrogens is 3. The maximum absolute atomic E-state index is 12.9. The maximum Gasteiger partial charge on any atom is 0.291 e. The lowest BCUT2D eigenvalue weighted by Gasteiger charge is -2.11. The Morgan fingerprint density at radius 3 is 2.41 bits per heavy atom. The molecule has 0 spiro atoms. The minimum absolute atomic E-state index is 0.0247. The van der Waals surface area contributed by atoms with Gasteiger partial charge in [0.25, 0.3) is 26.2 Å². The molecule has 10 nitrogen and oxygen atoms in total. The third-order valence-corrected chi connectivity index (χ3v) is 7.06. The summed E-state index contributed by atoms with van der Waals surface area (Å²) >= 11 is 0.692. The Bertz CT molecular complexity index is 1410. The van der Waals surface area contributed by atoms with Crippen LogP contribution in [0.5, 0.6) is 0 Å². The Labute approximate surface area is 199 Å². The fourth-order valence-corrected chi connectivity index (χ4v) is 4.84. The molecule has 0 saturated carbocycles. The number of hydrogen-bond donors (Lipinski definition) is 3. The van der Waals surface area contributed by atoms with Crippen LogP contribution in [0, 0.1) is 0 Å². The molecule has 12 heteroatoms. The monoisotopic (exact) mass is 494 g/mol. The second-order valence-electron chi connectivity index (χ2n) is 6.89. The highest BCUT2D eigenvalue weighted by molar-refractivity contribution is 7.94. The van der Waals surface area contributed by atoms with Gasteiger partial charge in [0.2, 0.25) is 5.13 Å². The van der Waals surface area contributed by atoms with Crippen molar-refractivity contribution in [2.45, 2.75) is 10.9 Å². The standard InChI is InChI=1S/C22H18N6O4S2/c29-19(16-8-2-1-3-9-16)25-21-26-27-22(33-21)34(31,32)28-18-11-5-4-10-17(18)20(30)24-14-15-7-6-12-23-13-15/h1-13,28H,14H2,(H,24,30)(H,25,26,29). The molecule has 2 aromatic carbocycles. The molecule has 0 atom stereocenters. The van der Waals surface area contributed by atoms with E-state index in [2.05, 4.69) is 30.5 Å². The minimum atomic E-state index is -4.16. The van der Waals surface area contributed by atoms with Gasteiger partial charge in [-0.25, -0.2) is 0 Å². The molecular weight excluding hydrogens is 476 g/mol. The van der Waals surface area contributed by atoms with E-state index in [1.807, 2.05) is 6.07 Å². The molecule has 0 fully saturated rings. The number of pyridine rings is 1. The summed E-state index contributed by atoms with van der Waals surface area (Å²) in [7, 11) is -4.16. The molecule has 0 bridgehead atoms. The van der Waals surface area contributed by atoms with Crippen molar-refractivity contribution < 1.29 is 18.0 Å². The molecule has 2 amide bonds. The van der Waals surface area contributed by atoms with Crippen LogP contribution in [0.25, 0.3) is 0 Å². The lowest BCUT2D eigenvalue weighted by atomic mass is 10.1. The van der Waals surface area contributed by atoms with Crippen LogP contribution in [0.2, 0.25) is 0 Å². The Morgan fingerprint density at radius 1 is 0.882 bits per heavy atom. The van der Waals surface area contributed by atoms with Gasteiger partial charge in [-0.2, -0.15) is 8.42 Å². The fourth-order valence-electron chi connectivity index (χ4n) is 2.87. The van der Waals surface area contributed by atoms with Gasteiger partial charge in [-0.1, -0.05) is 47.7 Å². The molecule has 0 unspecified atom stereocenters. The Hall–Kier alpha value is -4.16. The second-order valence-corrected chi connectivity index (χ2v) is 9.72. The molecule has 0 aliphatic rings. The number of carbonyl (C=O) groups is 2. The number of para-hydroxylation sites is 1. The second kappa shape index (κ2) is 10.2. The smallest absolute Gasteiger partial charge is 0.291 e. The first kappa shape index (κ1) is 23.0. The number of benzene rings is 2. The fraction of sp³-hybridized carbons (Fsp3) is 0.0455. The van der Waals surface area contributed by atoms with E-state index in [-0.39, 0.29) is 27.3 Å². The van der Waals surface area contributed by atoms with Gasteiger partial charge in [0.05, 0.1) is 11.3 Å². The highest BCUT2D eigenvalue weighted by Crippen LogP contribution is 2.25. The number of anilines is 2. The highest BCUT2D eigenvalue weighted by Gasteiger charge is 2.23. The minimum Gasteiger partial charge on any atom is -0.348 e. The van der Waals surface area contributed by atoms with Crippen molar-refractivity contribution in [1.29, 1.82) is 0 Å². The molecule has 3 N–H and O–H groups in total. The van der Waals surface area contributed by atoms with Crippen molar-refractivity contribution in [3.05, 3.63) is 95.8 Å². The molecule has 0 aliphatic heterocycles. The van der Waals surface area contributed by atoms with E-state index < -0.39 is 21.8 Å². The van der Waals surface area contributed by atoms with Crippen LogP contribution in [0.1, 0.15) is 26.3 Å². The van der Waals surface area contributed by atoms with E-state index in [0.29, 0.717) is 16.9 Å². The van der Waals surface area contributed by atoms with Crippen LogP contribution in [-0.4, -0.2) is 35.4 Å². The van der Waals surface area contributed by atoms with Crippen molar-refractivity contribution >= 4 is 44.0 Å². The Balaban J connectivity index is 1.46. The summed E-state index contributed by atoms with van der Waals surface area (Å²) in [6.45, 7) is 0.231. The largest absolute Gasteiger partial charge is 0.348 e. The Morgan fingerprint density at radius 2 is 1.65 bits per heavy atom. The molecule has 4 aromatic rings. The topological polar surface area (TPSA) is 143 Å². The number of nitrogens with zero attached hydrogens (tertiary/aromatic N) is 3. The molecule has 4 rings (SSSR count). The molecule has 0 radical (unpaired) electrons. The van der Waals surface area contributed by atoms with Crippen molar-refractivity contribution in [2.24, 2.45) is 0 Å². The maximum atomic E-state index is 12.9. The first-order chi connectivity index (χ1) is 16.4. The molecule has 0 aliphatic carbocycles. The normalized spacial score (nSPS) is 10.9. The van der Waals surface area contributed by atoms with Gasteiger partial charge in [-0.3, -0.25) is 24.6 Å². The van der Waals surface area contributed by atoms with E-state index in [9.17, 15) is 18.0 Å². The van der Waals surface area contributed by atoms with E-state index in [0.717, 1.165) is 5.56 Å². The summed E-state index contributed by atoms with van der Waals surface area (Å²) in [6.07, 6.45) is 3.25. The number of nitrogens with one attached hydrogen (secondary N) is 3. The molecule has 2 aromatic heterocycles. The zero-order chi connectivity index (χ0) is 24.0. The van der Waals surface area contributed by atoms with Crippen LogP contribution >= 0.6 is 11.3 Å². The summed E-state index contributed by atoms with van der Waals surface area (Å²) in [6, 6.07) is 18.2. The number of hydrogen-bond acceptors (Lipinski definition) is 8. The molecule has 0 saturated heterocycles. The first-order valence-corrected chi connectivity index (χ1v) is 12.2. The molecule has 172 valence electrons. The number of amides is 2. The highest BCUT2D eigenvalue weighted by atomic mass is 32.2. The summed E-state index contributed by atoms with van der Waals surface area (Å²) in [5.74, 6) is -0.903. The third kappa shape index (κ3) is 5.60. The SMILES string of the molecule is O=C(Nc1nnc(S(=O)(=O)Nc2ccccc2C(=O)NCc2cccnc2)s1)c1ccccc1. The van der Waals surface area contributed by atoms with E-state index in [4.69, 9.17) is 0 Å². The zero-order valence-electron chi connectivity index (χ0n) is 17.5. The van der Waals surface area contributed by atoms with Crippen LogP contribution in [-0.2, 0) is 16.6 Å². The van der Waals surface area contributed by atoms with Gasteiger partial charge in [0, 0.05) is 24.5 Å².